The Balaban J connectivity index is 2.11. The second kappa shape index (κ2) is 7.78. The normalized spacial score (nSPS) is 26.6. The molecule has 0 spiro atoms. The zero-order chi connectivity index (χ0) is 14.4. The van der Waals surface area contributed by atoms with Crippen LogP contribution in [0.4, 0.5) is 4.39 Å². The third kappa shape index (κ3) is 3.82. The molecular weight excluding hydrogens is 249 g/mol. The van der Waals surface area contributed by atoms with E-state index >= 15 is 0 Å². The van der Waals surface area contributed by atoms with Gasteiger partial charge in [-0.3, -0.25) is 0 Å². The highest BCUT2D eigenvalue weighted by molar-refractivity contribution is 5.23. The van der Waals surface area contributed by atoms with Gasteiger partial charge >= 0.3 is 0 Å². The molecule has 1 aromatic rings. The molecule has 0 bridgehead atoms. The molecule has 1 aromatic carbocycles. The van der Waals surface area contributed by atoms with Gasteiger partial charge in [-0.05, 0) is 61.7 Å². The van der Waals surface area contributed by atoms with E-state index in [0.29, 0.717) is 11.8 Å². The van der Waals surface area contributed by atoms with Crippen molar-refractivity contribution >= 4 is 0 Å². The first kappa shape index (κ1) is 15.5. The molecule has 1 saturated carbocycles. The van der Waals surface area contributed by atoms with Crippen LogP contribution in [0.1, 0.15) is 57.4 Å². The Labute approximate surface area is 123 Å². The van der Waals surface area contributed by atoms with Gasteiger partial charge in [0.25, 0.3) is 0 Å². The lowest BCUT2D eigenvalue weighted by molar-refractivity contribution is 0.222. The Bertz CT molecular complexity index is 402. The zero-order valence-electron chi connectivity index (χ0n) is 12.9. The van der Waals surface area contributed by atoms with Crippen molar-refractivity contribution in [2.75, 3.05) is 13.1 Å². The molecule has 1 fully saturated rings. The molecule has 20 heavy (non-hydrogen) atoms. The van der Waals surface area contributed by atoms with E-state index in [1.54, 1.807) is 12.1 Å². The molecule has 0 radical (unpaired) electrons. The lowest BCUT2D eigenvalue weighted by atomic mass is 9.70. The van der Waals surface area contributed by atoms with Crippen molar-refractivity contribution in [2.24, 2.45) is 11.8 Å². The largest absolute Gasteiger partial charge is 0.316 e. The van der Waals surface area contributed by atoms with Gasteiger partial charge < -0.3 is 5.32 Å². The Morgan fingerprint density at radius 2 is 2.00 bits per heavy atom. The number of rotatable bonds is 6. The topological polar surface area (TPSA) is 12.0 Å². The number of hydrogen-bond acceptors (Lipinski definition) is 1. The molecule has 1 aliphatic rings. The molecule has 112 valence electrons. The fourth-order valence-electron chi connectivity index (χ4n) is 3.56. The summed E-state index contributed by atoms with van der Waals surface area (Å²) in [6.07, 6.45) is 6.07. The predicted molar refractivity (Wildman–Crippen MR) is 83.4 cm³/mol. The summed E-state index contributed by atoms with van der Waals surface area (Å²) in [7, 11) is 0. The maximum Gasteiger partial charge on any atom is 0.126 e. The van der Waals surface area contributed by atoms with Crippen LogP contribution in [0, 0.1) is 17.7 Å². The monoisotopic (exact) mass is 277 g/mol. The molecule has 0 aliphatic heterocycles. The standard InChI is InChI=1S/C18H28FN/c1-3-11-20-13-15-10-9-14(4-2)12-17(15)16-7-5-6-8-18(16)19/h5-8,14-15,17,20H,3-4,9-13H2,1-2H3. The number of hydrogen-bond donors (Lipinski definition) is 1. The minimum Gasteiger partial charge on any atom is -0.316 e. The molecule has 1 nitrogen and oxygen atoms in total. The summed E-state index contributed by atoms with van der Waals surface area (Å²) in [4.78, 5) is 0. The molecule has 1 aliphatic carbocycles. The van der Waals surface area contributed by atoms with Gasteiger partial charge in [-0.15, -0.1) is 0 Å². The Kier molecular flexibility index (Phi) is 6.03. The van der Waals surface area contributed by atoms with Crippen LogP contribution in [0.3, 0.4) is 0 Å². The number of halogens is 1. The van der Waals surface area contributed by atoms with Crippen LogP contribution < -0.4 is 5.32 Å². The predicted octanol–water partition coefficient (Wildman–Crippen LogP) is 4.74. The van der Waals surface area contributed by atoms with E-state index in [2.05, 4.69) is 19.2 Å². The fourth-order valence-corrected chi connectivity index (χ4v) is 3.56. The van der Waals surface area contributed by atoms with Crippen LogP contribution in [0.2, 0.25) is 0 Å². The molecular formula is C18H28FN. The molecule has 0 heterocycles. The van der Waals surface area contributed by atoms with Crippen molar-refractivity contribution in [3.05, 3.63) is 35.6 Å². The van der Waals surface area contributed by atoms with Gasteiger partial charge in [0, 0.05) is 0 Å². The maximum absolute atomic E-state index is 14.1. The van der Waals surface area contributed by atoms with Gasteiger partial charge in [-0.2, -0.15) is 0 Å². The molecule has 3 unspecified atom stereocenters. The second-order valence-electron chi connectivity index (χ2n) is 6.18. The first-order chi connectivity index (χ1) is 9.76. The molecule has 0 amide bonds. The lowest BCUT2D eigenvalue weighted by Crippen LogP contribution is -2.32. The first-order valence-electron chi connectivity index (χ1n) is 8.21. The van der Waals surface area contributed by atoms with Gasteiger partial charge in [0.05, 0.1) is 0 Å². The highest BCUT2D eigenvalue weighted by Gasteiger charge is 2.31. The van der Waals surface area contributed by atoms with E-state index in [1.807, 2.05) is 12.1 Å². The van der Waals surface area contributed by atoms with Crippen molar-refractivity contribution in [3.8, 4) is 0 Å². The maximum atomic E-state index is 14.1. The van der Waals surface area contributed by atoms with Gasteiger partial charge in [-0.25, -0.2) is 4.39 Å². The summed E-state index contributed by atoms with van der Waals surface area (Å²) in [5, 5.41) is 3.53. The second-order valence-corrected chi connectivity index (χ2v) is 6.18. The molecule has 0 aromatic heterocycles. The summed E-state index contributed by atoms with van der Waals surface area (Å²) < 4.78 is 14.1. The third-order valence-corrected chi connectivity index (χ3v) is 4.82. The van der Waals surface area contributed by atoms with Crippen molar-refractivity contribution in [1.29, 1.82) is 0 Å². The van der Waals surface area contributed by atoms with E-state index in [1.165, 1.54) is 19.3 Å². The summed E-state index contributed by atoms with van der Waals surface area (Å²) in [6.45, 7) is 6.55. The molecule has 2 rings (SSSR count). The first-order valence-corrected chi connectivity index (χ1v) is 8.21. The van der Waals surface area contributed by atoms with E-state index in [9.17, 15) is 4.39 Å². The Hall–Kier alpha value is -0.890. The lowest BCUT2D eigenvalue weighted by Gasteiger charge is -2.36. The third-order valence-electron chi connectivity index (χ3n) is 4.82. The van der Waals surface area contributed by atoms with E-state index < -0.39 is 0 Å². The summed E-state index contributed by atoms with van der Waals surface area (Å²) in [5.74, 6) is 1.72. The van der Waals surface area contributed by atoms with Crippen molar-refractivity contribution in [3.63, 3.8) is 0 Å². The molecule has 0 saturated heterocycles. The fraction of sp³-hybridized carbons (Fsp3) is 0.667. The number of benzene rings is 1. The SMILES string of the molecule is CCCNCC1CCC(CC)CC1c1ccccc1F. The summed E-state index contributed by atoms with van der Waals surface area (Å²) >= 11 is 0. The van der Waals surface area contributed by atoms with Crippen molar-refractivity contribution in [1.82, 2.24) is 5.32 Å². The quantitative estimate of drug-likeness (QED) is 0.741. The minimum absolute atomic E-state index is 0.0188. The van der Waals surface area contributed by atoms with Crippen LogP contribution >= 0.6 is 0 Å². The van der Waals surface area contributed by atoms with E-state index in [-0.39, 0.29) is 5.82 Å². The zero-order valence-corrected chi connectivity index (χ0v) is 12.9. The average molecular weight is 277 g/mol. The minimum atomic E-state index is -0.0188. The van der Waals surface area contributed by atoms with Gasteiger partial charge in [0.15, 0.2) is 0 Å². The van der Waals surface area contributed by atoms with E-state index in [0.717, 1.165) is 37.4 Å². The summed E-state index contributed by atoms with van der Waals surface area (Å²) in [6, 6.07) is 7.38. The molecule has 1 N–H and O–H groups in total. The van der Waals surface area contributed by atoms with E-state index in [4.69, 9.17) is 0 Å². The highest BCUT2D eigenvalue weighted by Crippen LogP contribution is 2.42. The van der Waals surface area contributed by atoms with Crippen LogP contribution in [-0.4, -0.2) is 13.1 Å². The molecule has 3 atom stereocenters. The van der Waals surface area contributed by atoms with Gasteiger partial charge in [-0.1, -0.05) is 44.9 Å². The Morgan fingerprint density at radius 1 is 1.20 bits per heavy atom. The Morgan fingerprint density at radius 3 is 2.70 bits per heavy atom. The van der Waals surface area contributed by atoms with Gasteiger partial charge in [0.2, 0.25) is 0 Å². The number of nitrogens with one attached hydrogen (secondary N) is 1. The average Bonchev–Trinajstić information content (AvgIpc) is 2.48. The molecule has 2 heteroatoms. The van der Waals surface area contributed by atoms with Crippen LogP contribution in [0.25, 0.3) is 0 Å². The van der Waals surface area contributed by atoms with Crippen LogP contribution in [0.5, 0.6) is 0 Å². The smallest absolute Gasteiger partial charge is 0.126 e. The van der Waals surface area contributed by atoms with Crippen LogP contribution in [0.15, 0.2) is 24.3 Å². The van der Waals surface area contributed by atoms with Crippen molar-refractivity contribution < 1.29 is 4.39 Å². The summed E-state index contributed by atoms with van der Waals surface area (Å²) in [5.41, 5.74) is 0.939. The van der Waals surface area contributed by atoms with Crippen LogP contribution in [-0.2, 0) is 0 Å². The van der Waals surface area contributed by atoms with Crippen molar-refractivity contribution in [2.45, 2.75) is 51.9 Å². The highest BCUT2D eigenvalue weighted by atomic mass is 19.1. The van der Waals surface area contributed by atoms with Gasteiger partial charge in [0.1, 0.15) is 5.82 Å².